The third-order valence-electron chi connectivity index (χ3n) is 1.68. The van der Waals surface area contributed by atoms with E-state index in [0.717, 1.165) is 12.1 Å². The smallest absolute Gasteiger partial charge is 0.336 e. The molecule has 0 aliphatic rings. The summed E-state index contributed by atoms with van der Waals surface area (Å²) in [5.41, 5.74) is 7.80. The molecule has 0 aromatic heterocycles. The Hall–Kier alpha value is -2.40. The van der Waals surface area contributed by atoms with Gasteiger partial charge in [0.25, 0.3) is 0 Å². The van der Waals surface area contributed by atoms with Crippen LogP contribution in [-0.2, 0) is 0 Å². The van der Waals surface area contributed by atoms with Crippen molar-refractivity contribution in [3.63, 3.8) is 0 Å². The fraction of sp³-hybridized carbons (Fsp3) is 0.125. The van der Waals surface area contributed by atoms with E-state index in [4.69, 9.17) is 15.4 Å². The monoisotopic (exact) mass is 209 g/mol. The van der Waals surface area contributed by atoms with E-state index in [0.29, 0.717) is 0 Å². The number of aromatic carboxylic acids is 1. The van der Waals surface area contributed by atoms with Crippen LogP contribution in [0.3, 0.4) is 0 Å². The average Bonchev–Trinajstić information content (AvgIpc) is 2.18. The van der Waals surface area contributed by atoms with Gasteiger partial charge in [-0.05, 0) is 17.7 Å². The van der Waals surface area contributed by atoms with Crippen LogP contribution in [0, 0.1) is 0 Å². The van der Waals surface area contributed by atoms with Crippen molar-refractivity contribution in [1.82, 2.24) is 0 Å². The van der Waals surface area contributed by atoms with Crippen LogP contribution in [0.2, 0.25) is 0 Å². The van der Waals surface area contributed by atoms with Crippen LogP contribution in [0.15, 0.2) is 17.2 Å². The molecule has 0 radical (unpaired) electrons. The molecule has 2 N–H and O–H groups in total. The summed E-state index contributed by atoms with van der Waals surface area (Å²) in [4.78, 5) is 13.2. The number of ether oxygens (including phenoxy) is 1. The Morgan fingerprint density at radius 3 is 2.73 bits per heavy atom. The lowest BCUT2D eigenvalue weighted by atomic mass is 10.1. The molecule has 7 nitrogen and oxygen atoms in total. The van der Waals surface area contributed by atoms with Gasteiger partial charge in [-0.3, -0.25) is 0 Å². The summed E-state index contributed by atoms with van der Waals surface area (Å²) in [7, 11) is 1.29. The summed E-state index contributed by atoms with van der Waals surface area (Å²) in [6.07, 6.45) is 0. The number of methoxy groups -OCH3 is 1. The van der Waals surface area contributed by atoms with Gasteiger partial charge in [-0.1, -0.05) is 5.11 Å². The molecule has 7 heteroatoms. The van der Waals surface area contributed by atoms with Gasteiger partial charge in [0, 0.05) is 4.91 Å². The van der Waals surface area contributed by atoms with Crippen molar-refractivity contribution < 1.29 is 19.7 Å². The highest BCUT2D eigenvalue weighted by atomic mass is 16.5. The summed E-state index contributed by atoms with van der Waals surface area (Å²) >= 11 is 0. The predicted molar refractivity (Wildman–Crippen MR) is 50.4 cm³/mol. The molecule has 1 rings (SSSR count). The van der Waals surface area contributed by atoms with Crippen molar-refractivity contribution in [2.24, 2.45) is 5.11 Å². The summed E-state index contributed by atoms with van der Waals surface area (Å²) in [5.74, 6) is -1.55. The number of hydrogen-bond donors (Lipinski definition) is 2. The fourth-order valence-electron chi connectivity index (χ4n) is 1.02. The second-order valence-electron chi connectivity index (χ2n) is 2.54. The molecule has 1 aromatic carbocycles. The minimum absolute atomic E-state index is 0.00397. The average molecular weight is 209 g/mol. The molecule has 0 aliphatic carbocycles. The summed E-state index contributed by atoms with van der Waals surface area (Å²) in [6.45, 7) is 0. The third kappa shape index (κ3) is 2.09. The molecular formula is C8H7N3O4. The quantitative estimate of drug-likeness (QED) is 0.450. The van der Waals surface area contributed by atoms with E-state index in [1.165, 1.54) is 7.11 Å². The summed E-state index contributed by atoms with van der Waals surface area (Å²) in [6, 6.07) is 2.11. The first kappa shape index (κ1) is 10.7. The minimum Gasteiger partial charge on any atom is -0.504 e. The number of phenols is 1. The van der Waals surface area contributed by atoms with Crippen molar-refractivity contribution >= 4 is 11.7 Å². The van der Waals surface area contributed by atoms with Crippen LogP contribution >= 0.6 is 0 Å². The van der Waals surface area contributed by atoms with Crippen molar-refractivity contribution in [1.29, 1.82) is 0 Å². The number of rotatable bonds is 3. The number of aromatic hydroxyl groups is 1. The van der Waals surface area contributed by atoms with E-state index in [1.807, 2.05) is 0 Å². The maximum Gasteiger partial charge on any atom is 0.336 e. The van der Waals surface area contributed by atoms with Crippen molar-refractivity contribution in [2.45, 2.75) is 0 Å². The van der Waals surface area contributed by atoms with Crippen molar-refractivity contribution in [3.05, 3.63) is 28.1 Å². The SMILES string of the molecule is COc1cc(C(=O)O)c(N=[N+]=[N-])cc1O. The number of nitrogens with zero attached hydrogens (tertiary/aromatic N) is 3. The minimum atomic E-state index is -1.27. The Labute approximate surface area is 84.2 Å². The molecule has 1 aromatic rings. The van der Waals surface area contributed by atoms with Gasteiger partial charge in [-0.2, -0.15) is 0 Å². The maximum absolute atomic E-state index is 10.8. The zero-order valence-electron chi connectivity index (χ0n) is 7.71. The van der Waals surface area contributed by atoms with E-state index >= 15 is 0 Å². The normalized spacial score (nSPS) is 9.13. The Bertz CT molecular complexity index is 451. The third-order valence-corrected chi connectivity index (χ3v) is 1.68. The lowest BCUT2D eigenvalue weighted by molar-refractivity contribution is 0.0697. The number of phenolic OH excluding ortho intramolecular Hbond substituents is 1. The molecule has 0 amide bonds. The molecule has 0 bridgehead atoms. The van der Waals surface area contributed by atoms with E-state index in [-0.39, 0.29) is 22.7 Å². The lowest BCUT2D eigenvalue weighted by Crippen LogP contribution is -1.97. The highest BCUT2D eigenvalue weighted by molar-refractivity contribution is 5.94. The molecule has 0 spiro atoms. The number of benzene rings is 1. The van der Waals surface area contributed by atoms with Crippen LogP contribution in [0.5, 0.6) is 11.5 Å². The molecule has 0 saturated heterocycles. The molecule has 0 fully saturated rings. The number of carboxylic acid groups (broad SMARTS) is 1. The van der Waals surface area contributed by atoms with Gasteiger partial charge in [-0.25, -0.2) is 4.79 Å². The zero-order valence-corrected chi connectivity index (χ0v) is 7.71. The number of carbonyl (C=O) groups is 1. The highest BCUT2D eigenvalue weighted by Gasteiger charge is 2.13. The number of hydrogen-bond acceptors (Lipinski definition) is 4. The topological polar surface area (TPSA) is 116 Å². The van der Waals surface area contributed by atoms with Crippen LogP contribution in [0.4, 0.5) is 5.69 Å². The Morgan fingerprint density at radius 1 is 1.60 bits per heavy atom. The summed E-state index contributed by atoms with van der Waals surface area (Å²) < 4.78 is 4.72. The van der Waals surface area contributed by atoms with E-state index in [1.54, 1.807) is 0 Å². The molecule has 78 valence electrons. The summed E-state index contributed by atoms with van der Waals surface area (Å²) in [5, 5.41) is 21.3. The van der Waals surface area contributed by atoms with Gasteiger partial charge in [-0.15, -0.1) is 0 Å². The van der Waals surface area contributed by atoms with Gasteiger partial charge in [0.05, 0.1) is 18.4 Å². The van der Waals surface area contributed by atoms with Crippen LogP contribution in [0.1, 0.15) is 10.4 Å². The maximum atomic E-state index is 10.8. The first-order valence-electron chi connectivity index (χ1n) is 3.79. The molecule has 0 aliphatic heterocycles. The van der Waals surface area contributed by atoms with Gasteiger partial charge >= 0.3 is 5.97 Å². The Balaban J connectivity index is 3.44. The first-order valence-corrected chi connectivity index (χ1v) is 3.79. The lowest BCUT2D eigenvalue weighted by Gasteiger charge is -2.06. The highest BCUT2D eigenvalue weighted by Crippen LogP contribution is 2.33. The number of azide groups is 1. The second-order valence-corrected chi connectivity index (χ2v) is 2.54. The van der Waals surface area contributed by atoms with Gasteiger partial charge in [0.1, 0.15) is 0 Å². The first-order chi connectivity index (χ1) is 7.10. The number of carboxylic acids is 1. The van der Waals surface area contributed by atoms with Gasteiger partial charge in [0.15, 0.2) is 11.5 Å². The standard InChI is InChI=1S/C8H7N3O4/c1-15-7-2-4(8(13)14)5(10-11-9)3-6(7)12/h2-3,12H,1H3,(H,13,14). The Kier molecular flexibility index (Phi) is 3.00. The van der Waals surface area contributed by atoms with E-state index in [2.05, 4.69) is 10.0 Å². The zero-order chi connectivity index (χ0) is 11.4. The fourth-order valence-corrected chi connectivity index (χ4v) is 1.02. The van der Waals surface area contributed by atoms with E-state index in [9.17, 15) is 9.90 Å². The van der Waals surface area contributed by atoms with Crippen LogP contribution in [-0.4, -0.2) is 23.3 Å². The van der Waals surface area contributed by atoms with Crippen LogP contribution in [0.25, 0.3) is 10.4 Å². The molecule has 15 heavy (non-hydrogen) atoms. The van der Waals surface area contributed by atoms with Crippen molar-refractivity contribution in [2.75, 3.05) is 7.11 Å². The van der Waals surface area contributed by atoms with Crippen LogP contribution < -0.4 is 4.74 Å². The van der Waals surface area contributed by atoms with E-state index < -0.39 is 5.97 Å². The van der Waals surface area contributed by atoms with Crippen molar-refractivity contribution in [3.8, 4) is 11.5 Å². The second kappa shape index (κ2) is 4.21. The Morgan fingerprint density at radius 2 is 2.27 bits per heavy atom. The molecule has 0 heterocycles. The molecule has 0 atom stereocenters. The molecule has 0 saturated carbocycles. The molecule has 0 unspecified atom stereocenters. The predicted octanol–water partition coefficient (Wildman–Crippen LogP) is 2.04. The molecular weight excluding hydrogens is 202 g/mol. The van der Waals surface area contributed by atoms with Gasteiger partial charge in [0.2, 0.25) is 0 Å². The van der Waals surface area contributed by atoms with Gasteiger partial charge < -0.3 is 14.9 Å². The largest absolute Gasteiger partial charge is 0.504 e.